The molecule has 0 saturated heterocycles. The molecule has 0 saturated carbocycles. The van der Waals surface area contributed by atoms with Crippen LogP contribution in [0.3, 0.4) is 0 Å². The summed E-state index contributed by atoms with van der Waals surface area (Å²) in [6.07, 6.45) is 1.98. The lowest BCUT2D eigenvalue weighted by Crippen LogP contribution is -2.51. The molecule has 2 heterocycles. The van der Waals surface area contributed by atoms with E-state index in [2.05, 4.69) is 10.3 Å². The zero-order valence-electron chi connectivity index (χ0n) is 13.5. The average molecular weight is 326 g/mol. The maximum Gasteiger partial charge on any atom is 0.339 e. The number of amides is 1. The number of benzene rings is 1. The van der Waals surface area contributed by atoms with Gasteiger partial charge < -0.3 is 14.8 Å². The SMILES string of the molecule is COc1ccc(CNC(=O)C2(C)Cc3ccccc3C(=O)O2)cn1. The molecular formula is C18H18N2O4. The second-order valence-electron chi connectivity index (χ2n) is 5.85. The maximum absolute atomic E-state index is 12.5. The quantitative estimate of drug-likeness (QED) is 0.868. The Bertz CT molecular complexity index is 773. The van der Waals surface area contributed by atoms with Gasteiger partial charge in [-0.25, -0.2) is 9.78 Å². The van der Waals surface area contributed by atoms with E-state index in [9.17, 15) is 9.59 Å². The van der Waals surface area contributed by atoms with Gasteiger partial charge in [0.25, 0.3) is 5.91 Å². The molecule has 0 aliphatic carbocycles. The molecule has 2 aromatic rings. The van der Waals surface area contributed by atoms with Gasteiger partial charge in [-0.3, -0.25) is 4.79 Å². The molecule has 1 unspecified atom stereocenters. The number of hydrogen-bond donors (Lipinski definition) is 1. The van der Waals surface area contributed by atoms with E-state index in [-0.39, 0.29) is 5.91 Å². The lowest BCUT2D eigenvalue weighted by atomic mass is 9.89. The highest BCUT2D eigenvalue weighted by Crippen LogP contribution is 2.28. The number of methoxy groups -OCH3 is 1. The molecule has 0 bridgehead atoms. The number of nitrogens with one attached hydrogen (secondary N) is 1. The molecule has 1 aromatic heterocycles. The van der Waals surface area contributed by atoms with Crippen LogP contribution in [-0.2, 0) is 22.5 Å². The van der Waals surface area contributed by atoms with E-state index < -0.39 is 11.6 Å². The van der Waals surface area contributed by atoms with Crippen LogP contribution in [0.25, 0.3) is 0 Å². The number of fused-ring (bicyclic) bond motifs is 1. The van der Waals surface area contributed by atoms with E-state index >= 15 is 0 Å². The minimum Gasteiger partial charge on any atom is -0.481 e. The predicted molar refractivity (Wildman–Crippen MR) is 86.6 cm³/mol. The molecule has 6 heteroatoms. The summed E-state index contributed by atoms with van der Waals surface area (Å²) in [6, 6.07) is 10.7. The zero-order valence-corrected chi connectivity index (χ0v) is 13.5. The first-order valence-electron chi connectivity index (χ1n) is 7.60. The second-order valence-corrected chi connectivity index (χ2v) is 5.85. The number of cyclic esters (lactones) is 1. The van der Waals surface area contributed by atoms with Crippen molar-refractivity contribution in [3.05, 3.63) is 59.3 Å². The number of hydrogen-bond acceptors (Lipinski definition) is 5. The van der Waals surface area contributed by atoms with Crippen LogP contribution in [0.1, 0.15) is 28.4 Å². The van der Waals surface area contributed by atoms with Crippen molar-refractivity contribution >= 4 is 11.9 Å². The largest absolute Gasteiger partial charge is 0.481 e. The first-order chi connectivity index (χ1) is 11.5. The monoisotopic (exact) mass is 326 g/mol. The Hall–Kier alpha value is -2.89. The maximum atomic E-state index is 12.5. The van der Waals surface area contributed by atoms with Crippen molar-refractivity contribution in [3.63, 3.8) is 0 Å². The van der Waals surface area contributed by atoms with E-state index in [0.717, 1.165) is 11.1 Å². The van der Waals surface area contributed by atoms with Gasteiger partial charge in [0.05, 0.1) is 12.7 Å². The molecule has 0 radical (unpaired) electrons. The van der Waals surface area contributed by atoms with Crippen LogP contribution in [-0.4, -0.2) is 29.6 Å². The van der Waals surface area contributed by atoms with E-state index in [1.54, 1.807) is 38.4 Å². The van der Waals surface area contributed by atoms with Crippen molar-refractivity contribution in [1.82, 2.24) is 10.3 Å². The molecule has 124 valence electrons. The van der Waals surface area contributed by atoms with Gasteiger partial charge in [0, 0.05) is 25.2 Å². The number of esters is 1. The van der Waals surface area contributed by atoms with Crippen molar-refractivity contribution in [3.8, 4) is 5.88 Å². The minimum absolute atomic E-state index is 0.296. The highest BCUT2D eigenvalue weighted by Gasteiger charge is 2.42. The number of carbonyl (C=O) groups excluding carboxylic acids is 2. The highest BCUT2D eigenvalue weighted by molar-refractivity contribution is 5.97. The standard InChI is InChI=1S/C18H18N2O4/c1-18(9-13-5-3-4-6-14(13)16(21)24-18)17(22)20-11-12-7-8-15(23-2)19-10-12/h3-8,10H,9,11H2,1-2H3,(H,20,22). The summed E-state index contributed by atoms with van der Waals surface area (Å²) in [4.78, 5) is 28.8. The molecule has 1 aliphatic rings. The van der Waals surface area contributed by atoms with E-state index in [0.29, 0.717) is 24.4 Å². The topological polar surface area (TPSA) is 77.5 Å². The number of pyridine rings is 1. The molecule has 1 atom stereocenters. The van der Waals surface area contributed by atoms with Gasteiger partial charge in [-0.1, -0.05) is 24.3 Å². The van der Waals surface area contributed by atoms with Crippen LogP contribution < -0.4 is 10.1 Å². The number of rotatable bonds is 4. The number of carbonyl (C=O) groups is 2. The minimum atomic E-state index is -1.22. The smallest absolute Gasteiger partial charge is 0.339 e. The molecule has 0 fully saturated rings. The third-order valence-corrected chi connectivity index (χ3v) is 4.02. The molecule has 0 spiro atoms. The number of aromatic nitrogens is 1. The van der Waals surface area contributed by atoms with Crippen LogP contribution in [0.2, 0.25) is 0 Å². The van der Waals surface area contributed by atoms with E-state index in [1.807, 2.05) is 18.2 Å². The Labute approximate surface area is 139 Å². The molecule has 1 N–H and O–H groups in total. The Morgan fingerprint density at radius 3 is 2.83 bits per heavy atom. The highest BCUT2D eigenvalue weighted by atomic mass is 16.6. The lowest BCUT2D eigenvalue weighted by molar-refractivity contribution is -0.139. The Morgan fingerprint density at radius 1 is 1.33 bits per heavy atom. The summed E-state index contributed by atoms with van der Waals surface area (Å²) < 4.78 is 10.4. The Morgan fingerprint density at radius 2 is 2.12 bits per heavy atom. The van der Waals surface area contributed by atoms with Gasteiger partial charge in [0.1, 0.15) is 0 Å². The molecule has 1 aliphatic heterocycles. The Kier molecular flexibility index (Phi) is 4.20. The van der Waals surface area contributed by atoms with Crippen LogP contribution in [0, 0.1) is 0 Å². The van der Waals surface area contributed by atoms with Crippen molar-refractivity contribution in [1.29, 1.82) is 0 Å². The lowest BCUT2D eigenvalue weighted by Gasteiger charge is -2.33. The molecule has 1 amide bonds. The first kappa shape index (κ1) is 16.0. The fraction of sp³-hybridized carbons (Fsp3) is 0.278. The average Bonchev–Trinajstić information content (AvgIpc) is 2.60. The molecular weight excluding hydrogens is 308 g/mol. The zero-order chi connectivity index (χ0) is 17.2. The summed E-state index contributed by atoms with van der Waals surface area (Å²) in [5, 5.41) is 2.80. The molecule has 1 aromatic carbocycles. The van der Waals surface area contributed by atoms with Gasteiger partial charge in [0.15, 0.2) is 5.60 Å². The van der Waals surface area contributed by atoms with Gasteiger partial charge in [-0.05, 0) is 24.1 Å². The molecule has 3 rings (SSSR count). The van der Waals surface area contributed by atoms with Crippen molar-refractivity contribution in [2.75, 3.05) is 7.11 Å². The summed E-state index contributed by atoms with van der Waals surface area (Å²) in [6.45, 7) is 1.92. The second kappa shape index (κ2) is 6.31. The van der Waals surface area contributed by atoms with Gasteiger partial charge in [-0.2, -0.15) is 0 Å². The van der Waals surface area contributed by atoms with Crippen molar-refractivity contribution < 1.29 is 19.1 Å². The van der Waals surface area contributed by atoms with E-state index in [4.69, 9.17) is 9.47 Å². The number of nitrogens with zero attached hydrogens (tertiary/aromatic N) is 1. The third kappa shape index (κ3) is 3.08. The van der Waals surface area contributed by atoms with Crippen LogP contribution in [0.5, 0.6) is 5.88 Å². The fourth-order valence-electron chi connectivity index (χ4n) is 2.66. The summed E-state index contributed by atoms with van der Waals surface area (Å²) in [5.74, 6) is -0.295. The molecule has 6 nitrogen and oxygen atoms in total. The summed E-state index contributed by atoms with van der Waals surface area (Å²) >= 11 is 0. The van der Waals surface area contributed by atoms with Crippen molar-refractivity contribution in [2.45, 2.75) is 25.5 Å². The van der Waals surface area contributed by atoms with Crippen molar-refractivity contribution in [2.24, 2.45) is 0 Å². The summed E-state index contributed by atoms with van der Waals surface area (Å²) in [7, 11) is 1.54. The predicted octanol–water partition coefficient (Wildman–Crippen LogP) is 1.88. The van der Waals surface area contributed by atoms with Crippen LogP contribution in [0.4, 0.5) is 0 Å². The number of ether oxygens (including phenoxy) is 2. The fourth-order valence-corrected chi connectivity index (χ4v) is 2.66. The summed E-state index contributed by atoms with van der Waals surface area (Å²) in [5.41, 5.74) is 0.945. The van der Waals surface area contributed by atoms with Gasteiger partial charge in [0.2, 0.25) is 5.88 Å². The van der Waals surface area contributed by atoms with Gasteiger partial charge in [-0.15, -0.1) is 0 Å². The van der Waals surface area contributed by atoms with Crippen LogP contribution in [0.15, 0.2) is 42.6 Å². The van der Waals surface area contributed by atoms with E-state index in [1.165, 1.54) is 0 Å². The third-order valence-electron chi connectivity index (χ3n) is 4.02. The molecule has 24 heavy (non-hydrogen) atoms. The first-order valence-corrected chi connectivity index (χ1v) is 7.60. The normalized spacial score (nSPS) is 19.2. The Balaban J connectivity index is 1.69. The van der Waals surface area contributed by atoms with Gasteiger partial charge >= 0.3 is 5.97 Å². The van der Waals surface area contributed by atoms with Crippen LogP contribution >= 0.6 is 0 Å².